The summed E-state index contributed by atoms with van der Waals surface area (Å²) in [5.41, 5.74) is 0. The summed E-state index contributed by atoms with van der Waals surface area (Å²) < 4.78 is 34.1. The third-order valence-electron chi connectivity index (χ3n) is 0. The number of rotatable bonds is 0. The molecule has 0 amide bonds. The minimum Gasteiger partial charge on any atom is -0.759 e. The molecule has 0 saturated carbocycles. The van der Waals surface area contributed by atoms with Crippen molar-refractivity contribution in [2.45, 2.75) is 0 Å². The van der Waals surface area contributed by atoms with E-state index in [1.807, 2.05) is 0 Å². The average Bonchev–Trinajstić information content (AvgIpc) is 0.722. The molecule has 0 bridgehead atoms. The Hall–Kier alpha value is 1.71. The molecule has 10 nitrogen and oxygen atoms in total. The Morgan fingerprint density at radius 1 is 0.600 bits per heavy atom. The molecule has 2 radical (unpaired) electrons. The van der Waals surface area contributed by atoms with Gasteiger partial charge in [-0.2, -0.15) is 0 Å². The van der Waals surface area contributed by atoms with Crippen LogP contribution in [0.15, 0.2) is 0 Å². The third kappa shape index (κ3) is 1010. The van der Waals surface area contributed by atoms with Gasteiger partial charge in [-0.1, -0.05) is 0 Å². The van der Waals surface area contributed by atoms with Crippen LogP contribution >= 0.6 is 0 Å². The zero-order valence-corrected chi connectivity index (χ0v) is 10.8. The van der Waals surface area contributed by atoms with E-state index in [4.69, 9.17) is 17.5 Å². The summed E-state index contributed by atoms with van der Waals surface area (Å²) in [6.45, 7) is 0. The second kappa shape index (κ2) is 57.2. The standard InChI is InChI=1S/4Cu.H2O4S.6H2O/c;;;;1-5(2,3)4;;;;;;/h;;;;(H2,1,2,3,4);6*1H2/q;;2*+1;;;;;;;/p-2. The van der Waals surface area contributed by atoms with Gasteiger partial charge >= 0.3 is 34.1 Å². The van der Waals surface area contributed by atoms with Crippen molar-refractivity contribution in [3.8, 4) is 0 Å². The molecule has 0 aliphatic carbocycles. The van der Waals surface area contributed by atoms with Gasteiger partial charge in [0.25, 0.3) is 0 Å². The Morgan fingerprint density at radius 3 is 0.600 bits per heavy atom. The predicted octanol–water partition coefficient (Wildman–Crippen LogP) is -6.30. The van der Waals surface area contributed by atoms with Gasteiger partial charge in [-0.25, -0.2) is 0 Å². The zero-order valence-electron chi connectivity index (χ0n) is 6.25. The van der Waals surface area contributed by atoms with E-state index in [0.29, 0.717) is 0 Å². The van der Waals surface area contributed by atoms with E-state index < -0.39 is 10.4 Å². The van der Waals surface area contributed by atoms with Gasteiger partial charge in [-0.3, -0.25) is 8.42 Å². The van der Waals surface area contributed by atoms with E-state index in [1.165, 1.54) is 0 Å². The van der Waals surface area contributed by atoms with Crippen LogP contribution in [0.1, 0.15) is 0 Å². The predicted molar refractivity (Wildman–Crippen MR) is 32.2 cm³/mol. The molecule has 0 rings (SSSR count). The Bertz CT molecular complexity index is 101. The quantitative estimate of drug-likeness (QED) is 0.194. The van der Waals surface area contributed by atoms with Gasteiger partial charge in [0.2, 0.25) is 0 Å². The van der Waals surface area contributed by atoms with E-state index in [9.17, 15) is 0 Å². The normalized spacial score (nSPS) is 3.87. The average molecular weight is 458 g/mol. The summed E-state index contributed by atoms with van der Waals surface area (Å²) in [5, 5.41) is 0. The topological polar surface area (TPSA) is 269 Å². The van der Waals surface area contributed by atoms with Crippen LogP contribution in [0.5, 0.6) is 0 Å². The van der Waals surface area contributed by atoms with Crippen LogP contribution in [-0.4, -0.2) is 50.4 Å². The zero-order chi connectivity index (χ0) is 4.50. The molecule has 0 heterocycles. The molecule has 0 aromatic heterocycles. The molecule has 15 heavy (non-hydrogen) atoms. The minimum atomic E-state index is -5.17. The van der Waals surface area contributed by atoms with Crippen LogP contribution in [0.4, 0.5) is 0 Å². The first-order chi connectivity index (χ1) is 2.00. The fourth-order valence-corrected chi connectivity index (χ4v) is 0. The fourth-order valence-electron chi connectivity index (χ4n) is 0. The number of hydrogen-bond donors (Lipinski definition) is 0. The van der Waals surface area contributed by atoms with Gasteiger partial charge in [0.15, 0.2) is 0 Å². The Labute approximate surface area is 128 Å². The van der Waals surface area contributed by atoms with Gasteiger partial charge in [-0.15, -0.1) is 0 Å². The molecule has 0 aromatic rings. The van der Waals surface area contributed by atoms with Crippen molar-refractivity contribution in [1.82, 2.24) is 0 Å². The van der Waals surface area contributed by atoms with Gasteiger partial charge in [0.1, 0.15) is 0 Å². The molecule has 0 aliphatic heterocycles. The van der Waals surface area contributed by atoms with Crippen molar-refractivity contribution in [2.24, 2.45) is 0 Å². The molecule has 15 heteroatoms. The van der Waals surface area contributed by atoms with Crippen molar-refractivity contribution in [3.05, 3.63) is 0 Å². The SMILES string of the molecule is O.O.O.O.O.O.O=S(=O)([O-])[O-].[Cu+].[Cu+].[Cu].[Cu]. The van der Waals surface area contributed by atoms with Crippen molar-refractivity contribution in [2.75, 3.05) is 0 Å². The summed E-state index contributed by atoms with van der Waals surface area (Å²) in [6, 6.07) is 0. The molecule has 0 saturated heterocycles. The molecule has 0 fully saturated rings. The second-order valence-corrected chi connectivity index (χ2v) is 1.22. The summed E-state index contributed by atoms with van der Waals surface area (Å²) >= 11 is 0. The van der Waals surface area contributed by atoms with Gasteiger partial charge in [0, 0.05) is 44.5 Å². The molecule has 0 unspecified atom stereocenters. The first kappa shape index (κ1) is 127. The molecule has 0 atom stereocenters. The summed E-state index contributed by atoms with van der Waals surface area (Å²) in [4.78, 5) is 0. The van der Waals surface area contributed by atoms with E-state index in [2.05, 4.69) is 0 Å². The molecule has 122 valence electrons. The minimum absolute atomic E-state index is 0. The first-order valence-electron chi connectivity index (χ1n) is 0.667. The molecular formula is H12Cu4O10S. The second-order valence-electron chi connectivity index (χ2n) is 0.408. The smallest absolute Gasteiger partial charge is 0.759 e. The van der Waals surface area contributed by atoms with Crippen LogP contribution in [-0.2, 0) is 78.7 Å². The fraction of sp³-hybridized carbons (Fsp3) is 0. The van der Waals surface area contributed by atoms with Crippen molar-refractivity contribution < 1.29 is 119 Å². The van der Waals surface area contributed by atoms with Gasteiger partial charge in [-0.05, 0) is 0 Å². The van der Waals surface area contributed by atoms with Crippen molar-refractivity contribution in [3.63, 3.8) is 0 Å². The molecule has 0 spiro atoms. The number of hydrogen-bond acceptors (Lipinski definition) is 4. The van der Waals surface area contributed by atoms with E-state index >= 15 is 0 Å². The maximum Gasteiger partial charge on any atom is 1.00 e. The van der Waals surface area contributed by atoms with Crippen LogP contribution in [0.25, 0.3) is 0 Å². The van der Waals surface area contributed by atoms with Crippen LogP contribution < -0.4 is 0 Å². The van der Waals surface area contributed by atoms with E-state index in [-0.39, 0.29) is 101 Å². The molecule has 0 aromatic carbocycles. The van der Waals surface area contributed by atoms with Crippen LogP contribution in [0.2, 0.25) is 0 Å². The monoisotopic (exact) mass is 456 g/mol. The summed E-state index contributed by atoms with van der Waals surface area (Å²) in [5.74, 6) is 0. The van der Waals surface area contributed by atoms with Crippen molar-refractivity contribution in [1.29, 1.82) is 0 Å². The van der Waals surface area contributed by atoms with E-state index in [0.717, 1.165) is 0 Å². The third-order valence-corrected chi connectivity index (χ3v) is 0. The first-order valence-corrected chi connectivity index (χ1v) is 2.00. The molecular weight excluding hydrogens is 446 g/mol. The molecule has 12 N–H and O–H groups in total. The maximum atomic E-state index is 8.52. The summed E-state index contributed by atoms with van der Waals surface area (Å²) in [7, 11) is -5.17. The van der Waals surface area contributed by atoms with E-state index in [1.54, 1.807) is 0 Å². The van der Waals surface area contributed by atoms with Gasteiger partial charge in [0.05, 0.1) is 0 Å². The van der Waals surface area contributed by atoms with Gasteiger partial charge < -0.3 is 42.0 Å². The Kier molecular flexibility index (Phi) is 482. The largest absolute Gasteiger partial charge is 1.00 e. The summed E-state index contributed by atoms with van der Waals surface area (Å²) in [6.07, 6.45) is 0. The Balaban J connectivity index is -0.00000000178. The maximum absolute atomic E-state index is 8.52. The molecule has 0 aliphatic rings. The van der Waals surface area contributed by atoms with Crippen LogP contribution in [0, 0.1) is 0 Å². The van der Waals surface area contributed by atoms with Crippen LogP contribution in [0.3, 0.4) is 0 Å². The van der Waals surface area contributed by atoms with Crippen molar-refractivity contribution >= 4 is 10.4 Å². The Morgan fingerprint density at radius 2 is 0.600 bits per heavy atom.